The van der Waals surface area contributed by atoms with Gasteiger partial charge < -0.3 is 4.42 Å². The monoisotopic (exact) mass is 464 g/mol. The van der Waals surface area contributed by atoms with Gasteiger partial charge in [-0.15, -0.1) is 0 Å². The normalized spacial score (nSPS) is 15.6. The fourth-order valence-corrected chi connectivity index (χ4v) is 4.25. The van der Waals surface area contributed by atoms with Crippen LogP contribution in [0.15, 0.2) is 74.3 Å². The Balaban J connectivity index is 1.84. The average molecular weight is 465 g/mol. The molecule has 1 aliphatic rings. The molecule has 2 aromatic carbocycles. The summed E-state index contributed by atoms with van der Waals surface area (Å²) in [5.74, 6) is -0.648. The van der Waals surface area contributed by atoms with Crippen molar-refractivity contribution < 1.29 is 13.6 Å². The number of carbonyl (C=O) groups is 1. The number of anilines is 1. The van der Waals surface area contributed by atoms with E-state index in [9.17, 15) is 14.0 Å². The van der Waals surface area contributed by atoms with Crippen LogP contribution in [0.25, 0.3) is 11.0 Å². The molecule has 0 N–H and O–H groups in total. The molecule has 0 spiro atoms. The molecule has 1 amide bonds. The second-order valence-corrected chi connectivity index (χ2v) is 8.00. The van der Waals surface area contributed by atoms with Crippen LogP contribution in [-0.4, -0.2) is 10.9 Å². The summed E-state index contributed by atoms with van der Waals surface area (Å²) in [5.41, 5.74) is 1.36. The Labute approximate surface area is 178 Å². The van der Waals surface area contributed by atoms with Crippen LogP contribution in [0.2, 0.25) is 0 Å². The van der Waals surface area contributed by atoms with Crippen molar-refractivity contribution in [3.63, 3.8) is 0 Å². The summed E-state index contributed by atoms with van der Waals surface area (Å²) in [7, 11) is 0. The van der Waals surface area contributed by atoms with Gasteiger partial charge in [-0.2, -0.15) is 0 Å². The van der Waals surface area contributed by atoms with Crippen LogP contribution in [0, 0.1) is 12.7 Å². The van der Waals surface area contributed by atoms with E-state index >= 15 is 0 Å². The molecule has 7 heteroatoms. The zero-order valence-electron chi connectivity index (χ0n) is 15.7. The van der Waals surface area contributed by atoms with E-state index in [2.05, 4.69) is 20.9 Å². The predicted molar refractivity (Wildman–Crippen MR) is 114 cm³/mol. The zero-order valence-corrected chi connectivity index (χ0v) is 17.3. The summed E-state index contributed by atoms with van der Waals surface area (Å²) in [6, 6.07) is 15.6. The van der Waals surface area contributed by atoms with E-state index < -0.39 is 23.2 Å². The SMILES string of the molecule is Cc1cccc(N2C(=O)c3oc4ccc(F)cc4c(=O)c3[C@@H]2c2cccc(Br)c2)n1. The van der Waals surface area contributed by atoms with Crippen molar-refractivity contribution in [2.24, 2.45) is 0 Å². The quantitative estimate of drug-likeness (QED) is 0.411. The van der Waals surface area contributed by atoms with E-state index in [-0.39, 0.29) is 22.3 Å². The van der Waals surface area contributed by atoms with Crippen molar-refractivity contribution in [3.05, 3.63) is 104 Å². The van der Waals surface area contributed by atoms with Crippen LogP contribution in [0.3, 0.4) is 0 Å². The van der Waals surface area contributed by atoms with Gasteiger partial charge in [-0.3, -0.25) is 14.5 Å². The van der Waals surface area contributed by atoms with Gasteiger partial charge in [0, 0.05) is 10.2 Å². The first-order valence-corrected chi connectivity index (χ1v) is 10.0. The predicted octanol–water partition coefficient (Wildman–Crippen LogP) is 5.15. The number of pyridine rings is 1. The second-order valence-electron chi connectivity index (χ2n) is 7.08. The Morgan fingerprint density at radius 1 is 1.07 bits per heavy atom. The lowest BCUT2D eigenvalue weighted by atomic mass is 9.98. The Morgan fingerprint density at radius 2 is 1.87 bits per heavy atom. The Morgan fingerprint density at radius 3 is 2.63 bits per heavy atom. The van der Waals surface area contributed by atoms with Gasteiger partial charge in [0.1, 0.15) is 17.2 Å². The minimum Gasteiger partial charge on any atom is -0.450 e. The van der Waals surface area contributed by atoms with Crippen LogP contribution in [0.4, 0.5) is 10.2 Å². The molecule has 2 aromatic heterocycles. The second kappa shape index (κ2) is 6.88. The third kappa shape index (κ3) is 2.85. The van der Waals surface area contributed by atoms with Crippen molar-refractivity contribution in [2.75, 3.05) is 4.90 Å². The van der Waals surface area contributed by atoms with E-state index in [1.807, 2.05) is 37.3 Å². The fraction of sp³-hybridized carbons (Fsp3) is 0.0870. The molecular formula is C23H14BrFN2O3. The molecule has 0 aliphatic carbocycles. The maximum atomic E-state index is 13.8. The molecule has 0 fully saturated rings. The van der Waals surface area contributed by atoms with Gasteiger partial charge in [-0.1, -0.05) is 34.1 Å². The topological polar surface area (TPSA) is 63.4 Å². The van der Waals surface area contributed by atoms with Crippen molar-refractivity contribution in [1.82, 2.24) is 4.98 Å². The fourth-order valence-electron chi connectivity index (χ4n) is 3.84. The van der Waals surface area contributed by atoms with E-state index in [0.717, 1.165) is 16.2 Å². The van der Waals surface area contributed by atoms with E-state index in [0.29, 0.717) is 11.4 Å². The largest absolute Gasteiger partial charge is 0.450 e. The molecule has 5 nitrogen and oxygen atoms in total. The molecule has 0 unspecified atom stereocenters. The van der Waals surface area contributed by atoms with Gasteiger partial charge in [0.15, 0.2) is 5.43 Å². The smallest absolute Gasteiger partial charge is 0.296 e. The minimum absolute atomic E-state index is 0.0487. The lowest BCUT2D eigenvalue weighted by Crippen LogP contribution is -2.30. The van der Waals surface area contributed by atoms with Crippen LogP contribution < -0.4 is 10.3 Å². The van der Waals surface area contributed by atoms with Gasteiger partial charge in [0.25, 0.3) is 5.91 Å². The molecule has 148 valence electrons. The molecule has 1 aliphatic heterocycles. The maximum Gasteiger partial charge on any atom is 0.296 e. The summed E-state index contributed by atoms with van der Waals surface area (Å²) in [4.78, 5) is 32.7. The van der Waals surface area contributed by atoms with Gasteiger partial charge in [0.2, 0.25) is 5.76 Å². The molecule has 4 aromatic rings. The summed E-state index contributed by atoms with van der Waals surface area (Å²) >= 11 is 3.45. The highest BCUT2D eigenvalue weighted by atomic mass is 79.9. The van der Waals surface area contributed by atoms with Crippen LogP contribution >= 0.6 is 15.9 Å². The lowest BCUT2D eigenvalue weighted by Gasteiger charge is -2.24. The summed E-state index contributed by atoms with van der Waals surface area (Å²) in [6.45, 7) is 1.83. The highest BCUT2D eigenvalue weighted by molar-refractivity contribution is 9.10. The standard InChI is InChI=1S/C23H14BrFN2O3/c1-12-4-2-7-18(26-12)27-20(13-5-3-6-14(24)10-13)19-21(28)16-11-15(25)8-9-17(16)30-22(19)23(27)29/h2-11,20H,1H3/t20-/m0/s1. The number of hydrogen-bond acceptors (Lipinski definition) is 4. The molecule has 5 rings (SSSR count). The van der Waals surface area contributed by atoms with Crippen molar-refractivity contribution >= 4 is 38.6 Å². The zero-order chi connectivity index (χ0) is 21.0. The average Bonchev–Trinajstić information content (AvgIpc) is 3.01. The number of benzene rings is 2. The summed E-state index contributed by atoms with van der Waals surface area (Å²) in [6.07, 6.45) is 0. The number of carbonyl (C=O) groups excluding carboxylic acids is 1. The van der Waals surface area contributed by atoms with Gasteiger partial charge in [-0.05, 0) is 55.0 Å². The number of aromatic nitrogens is 1. The Bertz CT molecular complexity index is 1400. The highest BCUT2D eigenvalue weighted by Crippen LogP contribution is 2.41. The minimum atomic E-state index is -0.747. The first-order valence-electron chi connectivity index (χ1n) is 9.23. The van der Waals surface area contributed by atoms with Crippen LogP contribution in [-0.2, 0) is 0 Å². The van der Waals surface area contributed by atoms with E-state index in [4.69, 9.17) is 4.42 Å². The molecule has 1 atom stereocenters. The third-order valence-electron chi connectivity index (χ3n) is 5.12. The molecule has 3 heterocycles. The van der Waals surface area contributed by atoms with Crippen molar-refractivity contribution in [2.45, 2.75) is 13.0 Å². The number of rotatable bonds is 2. The number of amides is 1. The number of nitrogens with zero attached hydrogens (tertiary/aromatic N) is 2. The number of aryl methyl sites for hydroxylation is 1. The molecule has 0 saturated carbocycles. The highest BCUT2D eigenvalue weighted by Gasteiger charge is 2.44. The first kappa shape index (κ1) is 18.7. The van der Waals surface area contributed by atoms with Gasteiger partial charge in [0.05, 0.1) is 17.0 Å². The molecule has 0 radical (unpaired) electrons. The third-order valence-corrected chi connectivity index (χ3v) is 5.61. The van der Waals surface area contributed by atoms with Crippen molar-refractivity contribution in [1.29, 1.82) is 0 Å². The first-order chi connectivity index (χ1) is 14.4. The molecule has 0 saturated heterocycles. The Kier molecular flexibility index (Phi) is 4.29. The van der Waals surface area contributed by atoms with Crippen molar-refractivity contribution in [3.8, 4) is 0 Å². The lowest BCUT2D eigenvalue weighted by molar-refractivity contribution is 0.0970. The maximum absolute atomic E-state index is 13.8. The molecule has 0 bridgehead atoms. The van der Waals surface area contributed by atoms with Gasteiger partial charge in [-0.25, -0.2) is 9.37 Å². The van der Waals surface area contributed by atoms with Crippen LogP contribution in [0.1, 0.15) is 33.4 Å². The van der Waals surface area contributed by atoms with E-state index in [1.165, 1.54) is 17.0 Å². The summed E-state index contributed by atoms with van der Waals surface area (Å²) in [5, 5.41) is 0.0978. The van der Waals surface area contributed by atoms with Gasteiger partial charge >= 0.3 is 0 Å². The number of hydrogen-bond donors (Lipinski definition) is 0. The molecule has 30 heavy (non-hydrogen) atoms. The Hall–Kier alpha value is -3.32. The summed E-state index contributed by atoms with van der Waals surface area (Å²) < 4.78 is 20.4. The number of fused-ring (bicyclic) bond motifs is 2. The van der Waals surface area contributed by atoms with Crippen LogP contribution in [0.5, 0.6) is 0 Å². The molecular weight excluding hydrogens is 451 g/mol. The van der Waals surface area contributed by atoms with E-state index in [1.54, 1.807) is 12.1 Å². The number of halogens is 2.